The number of rotatable bonds is 5. The minimum Gasteiger partial charge on any atom is -0.454 e. The third-order valence-corrected chi connectivity index (χ3v) is 4.91. The summed E-state index contributed by atoms with van der Waals surface area (Å²) in [4.78, 5) is 15.3. The van der Waals surface area contributed by atoms with Gasteiger partial charge in [0.05, 0.1) is 6.04 Å². The fourth-order valence-corrected chi connectivity index (χ4v) is 3.05. The van der Waals surface area contributed by atoms with Crippen LogP contribution >= 0.6 is 11.8 Å². The van der Waals surface area contributed by atoms with Gasteiger partial charge in [-0.05, 0) is 48.6 Å². The Kier molecular flexibility index (Phi) is 5.38. The van der Waals surface area contributed by atoms with Gasteiger partial charge in [0.25, 0.3) is 0 Å². The first kappa shape index (κ1) is 17.5. The highest BCUT2D eigenvalue weighted by Gasteiger charge is 2.18. The molecular weight excluding hydrogens is 336 g/mol. The summed E-state index contributed by atoms with van der Waals surface area (Å²) in [6, 6.07) is 13.7. The number of hydrogen-bond donors (Lipinski definition) is 1. The van der Waals surface area contributed by atoms with Gasteiger partial charge in [0.1, 0.15) is 0 Å². The van der Waals surface area contributed by atoms with Crippen LogP contribution in [0.4, 0.5) is 4.79 Å². The number of ether oxygens (including phenoxy) is 2. The van der Waals surface area contributed by atoms with Crippen LogP contribution < -0.4 is 14.8 Å². The summed E-state index contributed by atoms with van der Waals surface area (Å²) in [7, 11) is 1.80. The number of carbonyl (C=O) groups is 1. The Morgan fingerprint density at radius 2 is 1.92 bits per heavy atom. The number of nitrogens with zero attached hydrogens (tertiary/aromatic N) is 1. The van der Waals surface area contributed by atoms with Gasteiger partial charge in [-0.3, -0.25) is 0 Å². The zero-order valence-corrected chi connectivity index (χ0v) is 15.4. The van der Waals surface area contributed by atoms with Gasteiger partial charge in [-0.15, -0.1) is 11.8 Å². The van der Waals surface area contributed by atoms with Crippen LogP contribution in [0.25, 0.3) is 0 Å². The van der Waals surface area contributed by atoms with E-state index in [0.29, 0.717) is 6.54 Å². The van der Waals surface area contributed by atoms with Crippen LogP contribution in [0.3, 0.4) is 0 Å². The van der Waals surface area contributed by atoms with Crippen molar-refractivity contribution in [3.8, 4) is 11.5 Å². The van der Waals surface area contributed by atoms with Crippen molar-refractivity contribution in [3.05, 3.63) is 53.6 Å². The molecule has 0 aromatic heterocycles. The summed E-state index contributed by atoms with van der Waals surface area (Å²) in [5.74, 6) is 1.47. The lowest BCUT2D eigenvalue weighted by molar-refractivity contribution is 0.174. The first-order valence-corrected chi connectivity index (χ1v) is 9.33. The summed E-state index contributed by atoms with van der Waals surface area (Å²) < 4.78 is 10.7. The summed E-state index contributed by atoms with van der Waals surface area (Å²) in [6.45, 7) is 2.77. The molecule has 1 heterocycles. The van der Waals surface area contributed by atoms with Gasteiger partial charge in [0, 0.05) is 18.5 Å². The Balaban J connectivity index is 1.58. The fourth-order valence-electron chi connectivity index (χ4n) is 2.64. The number of amides is 2. The van der Waals surface area contributed by atoms with Crippen molar-refractivity contribution in [1.82, 2.24) is 10.2 Å². The van der Waals surface area contributed by atoms with Gasteiger partial charge in [-0.2, -0.15) is 0 Å². The molecule has 25 heavy (non-hydrogen) atoms. The summed E-state index contributed by atoms with van der Waals surface area (Å²) in [6.07, 6.45) is 2.05. The van der Waals surface area contributed by atoms with Gasteiger partial charge >= 0.3 is 6.03 Å². The Morgan fingerprint density at radius 3 is 2.64 bits per heavy atom. The zero-order valence-electron chi connectivity index (χ0n) is 14.6. The van der Waals surface area contributed by atoms with Crippen LogP contribution in [0.2, 0.25) is 0 Å². The van der Waals surface area contributed by atoms with E-state index in [9.17, 15) is 4.79 Å². The van der Waals surface area contributed by atoms with E-state index in [-0.39, 0.29) is 18.9 Å². The lowest BCUT2D eigenvalue weighted by atomic mass is 10.1. The molecule has 132 valence electrons. The number of hydrogen-bond acceptors (Lipinski definition) is 4. The van der Waals surface area contributed by atoms with Gasteiger partial charge in [0.2, 0.25) is 6.79 Å². The quantitative estimate of drug-likeness (QED) is 0.820. The van der Waals surface area contributed by atoms with E-state index >= 15 is 0 Å². The second kappa shape index (κ2) is 7.70. The molecule has 0 aliphatic carbocycles. The highest BCUT2D eigenvalue weighted by Crippen LogP contribution is 2.34. The Labute approximate surface area is 152 Å². The molecule has 1 atom stereocenters. The number of carbonyl (C=O) groups excluding carboxylic acids is 1. The minimum atomic E-state index is -0.122. The highest BCUT2D eigenvalue weighted by molar-refractivity contribution is 7.98. The van der Waals surface area contributed by atoms with Gasteiger partial charge in [-0.1, -0.05) is 18.2 Å². The SMILES string of the molecule is CSc1ccc(CN(C)C(=O)NC(C)c2ccc3c(c2)OCO3)cc1. The lowest BCUT2D eigenvalue weighted by Gasteiger charge is -2.22. The molecule has 0 saturated heterocycles. The van der Waals surface area contributed by atoms with Crippen LogP contribution in [-0.4, -0.2) is 31.0 Å². The topological polar surface area (TPSA) is 50.8 Å². The predicted molar refractivity (Wildman–Crippen MR) is 99.2 cm³/mol. The molecule has 0 bridgehead atoms. The molecule has 2 amide bonds. The van der Waals surface area contributed by atoms with Crippen LogP contribution in [0.5, 0.6) is 11.5 Å². The highest BCUT2D eigenvalue weighted by atomic mass is 32.2. The molecule has 0 spiro atoms. The van der Waals surface area contributed by atoms with Crippen molar-refractivity contribution in [2.45, 2.75) is 24.4 Å². The monoisotopic (exact) mass is 358 g/mol. The number of fused-ring (bicyclic) bond motifs is 1. The largest absolute Gasteiger partial charge is 0.454 e. The molecule has 1 unspecified atom stereocenters. The fraction of sp³-hybridized carbons (Fsp3) is 0.316. The first-order valence-electron chi connectivity index (χ1n) is 8.11. The molecule has 2 aromatic carbocycles. The van der Waals surface area contributed by atoms with Crippen LogP contribution in [-0.2, 0) is 6.54 Å². The second-order valence-electron chi connectivity index (χ2n) is 5.99. The molecule has 0 saturated carbocycles. The van der Waals surface area contributed by atoms with E-state index in [2.05, 4.69) is 29.6 Å². The van der Waals surface area contributed by atoms with Gasteiger partial charge in [-0.25, -0.2) is 4.79 Å². The summed E-state index contributed by atoms with van der Waals surface area (Å²) in [5.41, 5.74) is 2.08. The maximum absolute atomic E-state index is 12.4. The number of nitrogens with one attached hydrogen (secondary N) is 1. The number of urea groups is 1. The van der Waals surface area contributed by atoms with E-state index < -0.39 is 0 Å². The van der Waals surface area contributed by atoms with Crippen LogP contribution in [0, 0.1) is 0 Å². The molecule has 0 radical (unpaired) electrons. The van der Waals surface area contributed by atoms with Crippen molar-refractivity contribution >= 4 is 17.8 Å². The van der Waals surface area contributed by atoms with Crippen molar-refractivity contribution in [2.75, 3.05) is 20.1 Å². The van der Waals surface area contributed by atoms with Crippen molar-refractivity contribution < 1.29 is 14.3 Å². The van der Waals surface area contributed by atoms with Gasteiger partial charge < -0.3 is 19.7 Å². The maximum Gasteiger partial charge on any atom is 0.317 e. The van der Waals surface area contributed by atoms with E-state index in [0.717, 1.165) is 22.6 Å². The molecule has 5 nitrogen and oxygen atoms in total. The maximum atomic E-state index is 12.4. The zero-order chi connectivity index (χ0) is 17.8. The second-order valence-corrected chi connectivity index (χ2v) is 6.87. The van der Waals surface area contributed by atoms with Crippen LogP contribution in [0.15, 0.2) is 47.4 Å². The molecule has 6 heteroatoms. The minimum absolute atomic E-state index is 0.112. The molecule has 1 aliphatic rings. The molecular formula is C19H22N2O3S. The molecule has 1 aliphatic heterocycles. The van der Waals surface area contributed by atoms with Gasteiger partial charge in [0.15, 0.2) is 11.5 Å². The molecule has 1 N–H and O–H groups in total. The van der Waals surface area contributed by atoms with E-state index in [1.165, 1.54) is 4.90 Å². The predicted octanol–water partition coefficient (Wildman–Crippen LogP) is 4.04. The normalized spacial score (nSPS) is 13.4. The summed E-state index contributed by atoms with van der Waals surface area (Å²) in [5, 5.41) is 3.02. The third-order valence-electron chi connectivity index (χ3n) is 4.16. The molecule has 3 rings (SSSR count). The third kappa shape index (κ3) is 4.20. The van der Waals surface area contributed by atoms with Crippen molar-refractivity contribution in [1.29, 1.82) is 0 Å². The average Bonchev–Trinajstić information content (AvgIpc) is 3.09. The van der Waals surface area contributed by atoms with Crippen molar-refractivity contribution in [2.24, 2.45) is 0 Å². The van der Waals surface area contributed by atoms with E-state index in [4.69, 9.17) is 9.47 Å². The Morgan fingerprint density at radius 1 is 1.20 bits per heavy atom. The number of thioether (sulfide) groups is 1. The Bertz CT molecular complexity index is 749. The number of benzene rings is 2. The standard InChI is InChI=1S/C19H22N2O3S/c1-13(15-6-9-17-18(10-15)24-12-23-17)20-19(22)21(2)11-14-4-7-16(25-3)8-5-14/h4-10,13H,11-12H2,1-3H3,(H,20,22). The summed E-state index contributed by atoms with van der Waals surface area (Å²) >= 11 is 1.71. The lowest BCUT2D eigenvalue weighted by Crippen LogP contribution is -2.38. The van der Waals surface area contributed by atoms with E-state index in [1.54, 1.807) is 23.7 Å². The first-order chi connectivity index (χ1) is 12.1. The van der Waals surface area contributed by atoms with Crippen molar-refractivity contribution in [3.63, 3.8) is 0 Å². The molecule has 0 fully saturated rings. The molecule has 2 aromatic rings. The smallest absolute Gasteiger partial charge is 0.317 e. The average molecular weight is 358 g/mol. The Hall–Kier alpha value is -2.34. The van der Waals surface area contributed by atoms with Crippen LogP contribution in [0.1, 0.15) is 24.1 Å². The van der Waals surface area contributed by atoms with E-state index in [1.807, 2.05) is 31.4 Å².